The normalized spacial score (nSPS) is 14.8. The lowest BCUT2D eigenvalue weighted by Gasteiger charge is -2.12. The van der Waals surface area contributed by atoms with Gasteiger partial charge in [0.2, 0.25) is 5.91 Å². The van der Waals surface area contributed by atoms with Crippen LogP contribution in [0.2, 0.25) is 0 Å². The topological polar surface area (TPSA) is 71.4 Å². The average molecular weight is 468 g/mol. The minimum absolute atomic E-state index is 0.306. The molecule has 34 heavy (non-hydrogen) atoms. The Morgan fingerprint density at radius 3 is 2.32 bits per heavy atom. The zero-order chi connectivity index (χ0) is 23.5. The summed E-state index contributed by atoms with van der Waals surface area (Å²) in [5.41, 5.74) is 3.67. The fourth-order valence-electron chi connectivity index (χ4n) is 3.94. The molecule has 2 heterocycles. The fourth-order valence-corrected chi connectivity index (χ4v) is 4.77. The molecule has 7 heteroatoms. The van der Waals surface area contributed by atoms with E-state index in [0.717, 1.165) is 33.1 Å². The van der Waals surface area contributed by atoms with E-state index in [1.165, 1.54) is 5.56 Å². The molecule has 1 aliphatic heterocycles. The Labute approximate surface area is 200 Å². The molecule has 1 aliphatic rings. The van der Waals surface area contributed by atoms with Gasteiger partial charge in [-0.05, 0) is 41.6 Å². The Kier molecular flexibility index (Phi) is 6.01. The molecule has 0 aliphatic carbocycles. The lowest BCUT2D eigenvalue weighted by molar-refractivity contribution is -0.127. The molecule has 1 saturated heterocycles. The molecule has 1 fully saturated rings. The van der Waals surface area contributed by atoms with E-state index in [2.05, 4.69) is 22.0 Å². The minimum Gasteiger partial charge on any atom is -0.342 e. The molecule has 0 unspecified atom stereocenters. The number of hydrogen-bond donors (Lipinski definition) is 1. The number of carbonyl (C=O) groups excluding carboxylic acids is 3. The number of fused-ring (bicyclic) bond motifs is 1. The molecule has 5 rings (SSSR count). The zero-order valence-corrected chi connectivity index (χ0v) is 19.0. The van der Waals surface area contributed by atoms with Crippen LogP contribution < -0.4 is 5.32 Å². The van der Waals surface area contributed by atoms with Crippen LogP contribution in [0.1, 0.15) is 11.1 Å². The van der Waals surface area contributed by atoms with Crippen LogP contribution in [0.15, 0.2) is 96.0 Å². The molecule has 1 aromatic heterocycles. The second-order valence-electron chi connectivity index (χ2n) is 7.90. The van der Waals surface area contributed by atoms with Crippen molar-refractivity contribution in [2.45, 2.75) is 6.54 Å². The van der Waals surface area contributed by atoms with Crippen molar-refractivity contribution >= 4 is 51.5 Å². The van der Waals surface area contributed by atoms with Gasteiger partial charge in [-0.1, -0.05) is 66.7 Å². The van der Waals surface area contributed by atoms with Crippen LogP contribution in [0.4, 0.5) is 10.5 Å². The maximum absolute atomic E-state index is 13.0. The summed E-state index contributed by atoms with van der Waals surface area (Å²) in [4.78, 5) is 39.2. The molecule has 168 valence electrons. The number of benzene rings is 3. The van der Waals surface area contributed by atoms with Crippen LogP contribution in [0.3, 0.4) is 0 Å². The van der Waals surface area contributed by atoms with Gasteiger partial charge < -0.3 is 9.88 Å². The highest BCUT2D eigenvalue weighted by Crippen LogP contribution is 2.34. The van der Waals surface area contributed by atoms with E-state index in [-0.39, 0.29) is 6.54 Å². The molecule has 1 N–H and O–H groups in total. The number of para-hydroxylation sites is 2. The fraction of sp³-hybridized carbons (Fsp3) is 0.0741. The summed E-state index contributed by atoms with van der Waals surface area (Å²) < 4.78 is 2.13. The number of rotatable bonds is 6. The van der Waals surface area contributed by atoms with E-state index >= 15 is 0 Å². The van der Waals surface area contributed by atoms with Crippen LogP contribution in [-0.2, 0) is 16.1 Å². The summed E-state index contributed by atoms with van der Waals surface area (Å²) in [6.07, 6.45) is 3.73. The minimum atomic E-state index is -0.460. The van der Waals surface area contributed by atoms with Crippen LogP contribution in [0.5, 0.6) is 0 Å². The SMILES string of the molecule is O=C(CN1C(=O)S/C(=C\c2cn(Cc3ccccc3)c3ccccc23)C1=O)Nc1ccccc1. The largest absolute Gasteiger partial charge is 0.342 e. The summed E-state index contributed by atoms with van der Waals surface area (Å²) in [5, 5.41) is 3.25. The number of nitrogens with zero attached hydrogens (tertiary/aromatic N) is 2. The van der Waals surface area contributed by atoms with E-state index < -0.39 is 17.1 Å². The highest BCUT2D eigenvalue weighted by molar-refractivity contribution is 8.18. The summed E-state index contributed by atoms with van der Waals surface area (Å²) >= 11 is 0.856. The second kappa shape index (κ2) is 9.41. The monoisotopic (exact) mass is 467 g/mol. The first-order valence-electron chi connectivity index (χ1n) is 10.8. The van der Waals surface area contributed by atoms with Crippen molar-refractivity contribution in [1.82, 2.24) is 9.47 Å². The Hall–Kier alpha value is -4.10. The molecule has 0 atom stereocenters. The van der Waals surface area contributed by atoms with Gasteiger partial charge in [-0.3, -0.25) is 19.3 Å². The van der Waals surface area contributed by atoms with Crippen LogP contribution >= 0.6 is 11.8 Å². The number of anilines is 1. The number of carbonyl (C=O) groups is 3. The van der Waals surface area contributed by atoms with Crippen molar-refractivity contribution in [2.24, 2.45) is 0 Å². The van der Waals surface area contributed by atoms with Crippen molar-refractivity contribution in [2.75, 3.05) is 11.9 Å². The maximum atomic E-state index is 13.0. The lowest BCUT2D eigenvalue weighted by Crippen LogP contribution is -2.36. The van der Waals surface area contributed by atoms with Crippen LogP contribution in [0.25, 0.3) is 17.0 Å². The lowest BCUT2D eigenvalue weighted by atomic mass is 10.1. The molecule has 0 radical (unpaired) electrons. The van der Waals surface area contributed by atoms with Crippen molar-refractivity contribution in [3.05, 3.63) is 107 Å². The quantitative estimate of drug-likeness (QED) is 0.387. The third kappa shape index (κ3) is 4.51. The third-order valence-electron chi connectivity index (χ3n) is 5.53. The number of aromatic nitrogens is 1. The maximum Gasteiger partial charge on any atom is 0.294 e. The first-order chi connectivity index (χ1) is 16.6. The molecule has 0 spiro atoms. The van der Waals surface area contributed by atoms with Gasteiger partial charge >= 0.3 is 0 Å². The molecular weight excluding hydrogens is 446 g/mol. The van der Waals surface area contributed by atoms with Gasteiger partial charge in [0.25, 0.3) is 11.1 Å². The number of hydrogen-bond acceptors (Lipinski definition) is 4. The van der Waals surface area contributed by atoms with Crippen molar-refractivity contribution in [3.63, 3.8) is 0 Å². The van der Waals surface area contributed by atoms with Gasteiger partial charge in [0.05, 0.1) is 4.91 Å². The molecular formula is C27H21N3O3S. The molecule has 3 aromatic carbocycles. The van der Waals surface area contributed by atoms with Gasteiger partial charge in [0.15, 0.2) is 0 Å². The first kappa shape index (κ1) is 21.7. The standard InChI is InChI=1S/C27H21N3O3S/c31-25(28-21-11-5-2-6-12-21)18-30-26(32)24(34-27(30)33)15-20-17-29(16-19-9-3-1-4-10-19)23-14-8-7-13-22(20)23/h1-15,17H,16,18H2,(H,28,31)/b24-15-. The summed E-state index contributed by atoms with van der Waals surface area (Å²) in [5.74, 6) is -0.882. The average Bonchev–Trinajstić information content (AvgIpc) is 3.32. The van der Waals surface area contributed by atoms with E-state index in [0.29, 0.717) is 17.1 Å². The van der Waals surface area contributed by atoms with Crippen LogP contribution in [0, 0.1) is 0 Å². The molecule has 0 saturated carbocycles. The number of imide groups is 1. The van der Waals surface area contributed by atoms with E-state index in [1.54, 1.807) is 30.3 Å². The van der Waals surface area contributed by atoms with Crippen molar-refractivity contribution in [3.8, 4) is 0 Å². The number of amides is 3. The zero-order valence-electron chi connectivity index (χ0n) is 18.2. The summed E-state index contributed by atoms with van der Waals surface area (Å²) in [7, 11) is 0. The highest BCUT2D eigenvalue weighted by atomic mass is 32.2. The third-order valence-corrected chi connectivity index (χ3v) is 6.44. The van der Waals surface area contributed by atoms with Crippen LogP contribution in [-0.4, -0.2) is 33.1 Å². The summed E-state index contributed by atoms with van der Waals surface area (Å²) in [6, 6.07) is 27.0. The Bertz CT molecular complexity index is 1410. The van der Waals surface area contributed by atoms with Gasteiger partial charge in [0, 0.05) is 34.9 Å². The van der Waals surface area contributed by atoms with Gasteiger partial charge in [-0.15, -0.1) is 0 Å². The van der Waals surface area contributed by atoms with E-state index in [1.807, 2.05) is 54.7 Å². The molecule has 0 bridgehead atoms. The smallest absolute Gasteiger partial charge is 0.294 e. The molecule has 6 nitrogen and oxygen atoms in total. The molecule has 3 amide bonds. The van der Waals surface area contributed by atoms with E-state index in [4.69, 9.17) is 0 Å². The second-order valence-corrected chi connectivity index (χ2v) is 8.89. The van der Waals surface area contributed by atoms with Gasteiger partial charge in [-0.2, -0.15) is 0 Å². The predicted octanol–water partition coefficient (Wildman–Crippen LogP) is 5.36. The Morgan fingerprint density at radius 1 is 0.882 bits per heavy atom. The van der Waals surface area contributed by atoms with E-state index in [9.17, 15) is 14.4 Å². The van der Waals surface area contributed by atoms with Crippen molar-refractivity contribution < 1.29 is 14.4 Å². The van der Waals surface area contributed by atoms with Gasteiger partial charge in [0.1, 0.15) is 6.54 Å². The highest BCUT2D eigenvalue weighted by Gasteiger charge is 2.36. The van der Waals surface area contributed by atoms with Gasteiger partial charge in [-0.25, -0.2) is 0 Å². The Morgan fingerprint density at radius 2 is 1.56 bits per heavy atom. The van der Waals surface area contributed by atoms with Crippen molar-refractivity contribution in [1.29, 1.82) is 0 Å². The number of nitrogens with one attached hydrogen (secondary N) is 1. The Balaban J connectivity index is 1.38. The first-order valence-corrected chi connectivity index (χ1v) is 11.6. The predicted molar refractivity (Wildman–Crippen MR) is 135 cm³/mol. The summed E-state index contributed by atoms with van der Waals surface area (Å²) in [6.45, 7) is 0.364. The number of thioether (sulfide) groups is 1. The molecule has 4 aromatic rings.